The van der Waals surface area contributed by atoms with Crippen molar-refractivity contribution < 1.29 is 9.90 Å². The normalized spacial score (nSPS) is 15.0. The molecule has 26 heavy (non-hydrogen) atoms. The number of benzene rings is 1. The lowest BCUT2D eigenvalue weighted by molar-refractivity contribution is -0.119. The summed E-state index contributed by atoms with van der Waals surface area (Å²) in [5.41, 5.74) is 1.23. The number of aromatic hydroxyl groups is 1. The number of para-hydroxylation sites is 1. The molecule has 0 spiro atoms. The third-order valence-corrected chi connectivity index (χ3v) is 5.47. The van der Waals surface area contributed by atoms with Crippen LogP contribution < -0.4 is 10.9 Å². The summed E-state index contributed by atoms with van der Waals surface area (Å²) in [5.74, 6) is -0.260. The Hall–Kier alpha value is -2.28. The maximum absolute atomic E-state index is 12.4. The van der Waals surface area contributed by atoms with Crippen LogP contribution in [0.2, 0.25) is 0 Å². The van der Waals surface area contributed by atoms with Gasteiger partial charge in [-0.3, -0.25) is 14.2 Å². The van der Waals surface area contributed by atoms with Gasteiger partial charge in [-0.25, -0.2) is 0 Å². The minimum absolute atomic E-state index is 0.0733. The summed E-state index contributed by atoms with van der Waals surface area (Å²) in [6, 6.07) is 8.78. The van der Waals surface area contributed by atoms with Crippen molar-refractivity contribution >= 4 is 17.7 Å². The van der Waals surface area contributed by atoms with Crippen molar-refractivity contribution in [3.63, 3.8) is 0 Å². The monoisotopic (exact) mass is 373 g/mol. The molecule has 2 N–H and O–H groups in total. The van der Waals surface area contributed by atoms with E-state index in [0.29, 0.717) is 10.8 Å². The summed E-state index contributed by atoms with van der Waals surface area (Å²) >= 11 is 1.16. The molecule has 3 rings (SSSR count). The number of amides is 1. The summed E-state index contributed by atoms with van der Waals surface area (Å²) in [4.78, 5) is 28.8. The average Bonchev–Trinajstić information content (AvgIpc) is 2.61. The minimum Gasteiger partial charge on any atom is -0.493 e. The van der Waals surface area contributed by atoms with E-state index in [9.17, 15) is 14.7 Å². The predicted molar refractivity (Wildman–Crippen MR) is 102 cm³/mol. The topological polar surface area (TPSA) is 84.2 Å². The Labute approximate surface area is 156 Å². The zero-order chi connectivity index (χ0) is 18.5. The van der Waals surface area contributed by atoms with Crippen LogP contribution in [0.5, 0.6) is 5.88 Å². The fraction of sp³-hybridized carbons (Fsp3) is 0.421. The van der Waals surface area contributed by atoms with Crippen LogP contribution >= 0.6 is 11.8 Å². The van der Waals surface area contributed by atoms with Gasteiger partial charge in [0.05, 0.1) is 17.5 Å². The van der Waals surface area contributed by atoms with Gasteiger partial charge in [-0.05, 0) is 31.4 Å². The van der Waals surface area contributed by atoms with Gasteiger partial charge >= 0.3 is 0 Å². The number of aromatic nitrogens is 2. The summed E-state index contributed by atoms with van der Waals surface area (Å²) in [6.45, 7) is 1.90. The summed E-state index contributed by atoms with van der Waals surface area (Å²) in [6.07, 6.45) is 5.58. The van der Waals surface area contributed by atoms with Crippen LogP contribution in [0.15, 0.2) is 40.3 Å². The third kappa shape index (κ3) is 4.46. The number of carbonyl (C=O) groups is 1. The third-order valence-electron chi connectivity index (χ3n) is 4.53. The zero-order valence-electron chi connectivity index (χ0n) is 14.8. The van der Waals surface area contributed by atoms with Crippen molar-refractivity contribution in [2.45, 2.75) is 50.2 Å². The predicted octanol–water partition coefficient (Wildman–Crippen LogP) is 2.79. The molecular formula is C19H23N3O3S. The fourth-order valence-corrected chi connectivity index (χ4v) is 4.05. The van der Waals surface area contributed by atoms with Crippen molar-refractivity contribution in [2.24, 2.45) is 0 Å². The molecule has 1 aliphatic rings. The SMILES string of the molecule is Cc1ccccc1-n1c(SCC(=O)NC2CCCCC2)nc(O)cc1=O. The first kappa shape index (κ1) is 18.5. The highest BCUT2D eigenvalue weighted by Gasteiger charge is 2.18. The summed E-state index contributed by atoms with van der Waals surface area (Å²) in [7, 11) is 0. The molecule has 0 unspecified atom stereocenters. The van der Waals surface area contributed by atoms with E-state index in [-0.39, 0.29) is 29.1 Å². The van der Waals surface area contributed by atoms with Crippen LogP contribution in [-0.2, 0) is 4.79 Å². The van der Waals surface area contributed by atoms with Gasteiger partial charge in [0.2, 0.25) is 11.8 Å². The van der Waals surface area contributed by atoms with Gasteiger partial charge in [0.15, 0.2) is 5.16 Å². The molecule has 1 heterocycles. The molecule has 1 amide bonds. The number of nitrogens with zero attached hydrogens (tertiary/aromatic N) is 2. The van der Waals surface area contributed by atoms with Crippen molar-refractivity contribution in [1.29, 1.82) is 0 Å². The Balaban J connectivity index is 1.78. The first-order valence-electron chi connectivity index (χ1n) is 8.86. The van der Waals surface area contributed by atoms with E-state index in [2.05, 4.69) is 10.3 Å². The van der Waals surface area contributed by atoms with Crippen LogP contribution in [0.3, 0.4) is 0 Å². The minimum atomic E-state index is -0.373. The molecule has 1 saturated carbocycles. The van der Waals surface area contributed by atoms with Crippen LogP contribution in [0.25, 0.3) is 5.69 Å². The number of carbonyl (C=O) groups excluding carboxylic acids is 1. The van der Waals surface area contributed by atoms with Crippen LogP contribution in [0.4, 0.5) is 0 Å². The molecule has 138 valence electrons. The maximum atomic E-state index is 12.4. The Morgan fingerprint density at radius 1 is 1.31 bits per heavy atom. The highest BCUT2D eigenvalue weighted by atomic mass is 32.2. The lowest BCUT2D eigenvalue weighted by Gasteiger charge is -2.22. The lowest BCUT2D eigenvalue weighted by Crippen LogP contribution is -2.37. The van der Waals surface area contributed by atoms with Crippen LogP contribution in [0, 0.1) is 6.92 Å². The molecule has 1 aliphatic carbocycles. The fourth-order valence-electron chi connectivity index (χ4n) is 3.23. The van der Waals surface area contributed by atoms with E-state index >= 15 is 0 Å². The second kappa shape index (κ2) is 8.40. The molecule has 0 radical (unpaired) electrons. The van der Waals surface area contributed by atoms with Gasteiger partial charge in [-0.1, -0.05) is 49.2 Å². The standard InChI is InChI=1S/C19H23N3O3S/c1-13-7-5-6-10-15(13)22-18(25)11-16(23)21-19(22)26-12-17(24)20-14-8-3-2-4-9-14/h5-7,10-11,14,23H,2-4,8-9,12H2,1H3,(H,20,24). The number of thioether (sulfide) groups is 1. The van der Waals surface area contributed by atoms with Gasteiger partial charge in [0, 0.05) is 6.04 Å². The number of hydrogen-bond acceptors (Lipinski definition) is 5. The molecule has 1 aromatic carbocycles. The molecular weight excluding hydrogens is 350 g/mol. The summed E-state index contributed by atoms with van der Waals surface area (Å²) < 4.78 is 1.44. The Kier molecular flexibility index (Phi) is 5.98. The molecule has 0 atom stereocenters. The first-order chi connectivity index (χ1) is 12.5. The van der Waals surface area contributed by atoms with E-state index in [1.807, 2.05) is 31.2 Å². The molecule has 1 aromatic heterocycles. The van der Waals surface area contributed by atoms with Crippen molar-refractivity contribution in [2.75, 3.05) is 5.75 Å². The van der Waals surface area contributed by atoms with Crippen molar-refractivity contribution in [3.8, 4) is 11.6 Å². The molecule has 0 bridgehead atoms. The van der Waals surface area contributed by atoms with Crippen molar-refractivity contribution in [3.05, 3.63) is 46.2 Å². The van der Waals surface area contributed by atoms with E-state index in [1.54, 1.807) is 0 Å². The van der Waals surface area contributed by atoms with Crippen LogP contribution in [0.1, 0.15) is 37.7 Å². The Morgan fingerprint density at radius 2 is 2.04 bits per heavy atom. The molecule has 1 fully saturated rings. The molecule has 2 aromatic rings. The van der Waals surface area contributed by atoms with E-state index in [1.165, 1.54) is 11.0 Å². The summed E-state index contributed by atoms with van der Waals surface area (Å²) in [5, 5.41) is 13.1. The number of rotatable bonds is 5. The van der Waals surface area contributed by atoms with Gasteiger partial charge in [0.1, 0.15) is 0 Å². The average molecular weight is 373 g/mol. The molecule has 6 nitrogen and oxygen atoms in total. The number of nitrogens with one attached hydrogen (secondary N) is 1. The van der Waals surface area contributed by atoms with Gasteiger partial charge in [-0.15, -0.1) is 0 Å². The molecule has 7 heteroatoms. The highest BCUT2D eigenvalue weighted by Crippen LogP contribution is 2.22. The quantitative estimate of drug-likeness (QED) is 0.622. The maximum Gasteiger partial charge on any atom is 0.262 e. The Morgan fingerprint density at radius 3 is 2.77 bits per heavy atom. The first-order valence-corrected chi connectivity index (χ1v) is 9.84. The smallest absolute Gasteiger partial charge is 0.262 e. The van der Waals surface area contributed by atoms with Crippen LogP contribution in [-0.4, -0.2) is 32.4 Å². The number of hydrogen-bond donors (Lipinski definition) is 2. The van der Waals surface area contributed by atoms with Gasteiger partial charge in [-0.2, -0.15) is 4.98 Å². The Bertz CT molecular complexity index is 844. The second-order valence-electron chi connectivity index (χ2n) is 6.55. The van der Waals surface area contributed by atoms with E-state index in [4.69, 9.17) is 0 Å². The molecule has 0 aliphatic heterocycles. The largest absolute Gasteiger partial charge is 0.493 e. The zero-order valence-corrected chi connectivity index (χ0v) is 15.6. The highest BCUT2D eigenvalue weighted by molar-refractivity contribution is 7.99. The van der Waals surface area contributed by atoms with Gasteiger partial charge < -0.3 is 10.4 Å². The van der Waals surface area contributed by atoms with Crippen molar-refractivity contribution in [1.82, 2.24) is 14.9 Å². The lowest BCUT2D eigenvalue weighted by atomic mass is 9.95. The second-order valence-corrected chi connectivity index (χ2v) is 7.49. The number of aryl methyl sites for hydroxylation is 1. The van der Waals surface area contributed by atoms with E-state index in [0.717, 1.165) is 49.1 Å². The molecule has 0 saturated heterocycles. The van der Waals surface area contributed by atoms with Gasteiger partial charge in [0.25, 0.3) is 5.56 Å². The van der Waals surface area contributed by atoms with E-state index < -0.39 is 0 Å².